The van der Waals surface area contributed by atoms with Crippen LogP contribution in [0.15, 0.2) is 24.3 Å². The van der Waals surface area contributed by atoms with E-state index in [4.69, 9.17) is 9.47 Å². The van der Waals surface area contributed by atoms with Crippen molar-refractivity contribution >= 4 is 0 Å². The smallest absolute Gasteiger partial charge is 0.261 e. The number of hydrogen-bond acceptors (Lipinski definition) is 3. The Bertz CT molecular complexity index is 304. The van der Waals surface area contributed by atoms with Gasteiger partial charge < -0.3 is 14.8 Å². The molecule has 96 valence electrons. The minimum absolute atomic E-state index is 0.169. The molecule has 1 aromatic rings. The zero-order chi connectivity index (χ0) is 12.5. The molecule has 0 unspecified atom stereocenters. The van der Waals surface area contributed by atoms with E-state index in [2.05, 4.69) is 5.32 Å². The van der Waals surface area contributed by atoms with Crippen LogP contribution in [0.5, 0.6) is 5.75 Å². The molecule has 0 amide bonds. The van der Waals surface area contributed by atoms with Crippen molar-refractivity contribution in [1.82, 2.24) is 5.32 Å². The molecule has 0 aliphatic carbocycles. The fraction of sp³-hybridized carbons (Fsp3) is 0.500. The van der Waals surface area contributed by atoms with Gasteiger partial charge in [-0.05, 0) is 24.7 Å². The van der Waals surface area contributed by atoms with Crippen molar-refractivity contribution < 1.29 is 18.3 Å². The lowest BCUT2D eigenvalue weighted by Crippen LogP contribution is -2.11. The summed E-state index contributed by atoms with van der Waals surface area (Å²) in [7, 11) is 1.88. The predicted molar refractivity (Wildman–Crippen MR) is 61.5 cm³/mol. The highest BCUT2D eigenvalue weighted by Crippen LogP contribution is 2.11. The molecule has 0 aliphatic rings. The van der Waals surface area contributed by atoms with Gasteiger partial charge in [-0.25, -0.2) is 8.78 Å². The summed E-state index contributed by atoms with van der Waals surface area (Å²) in [6.45, 7) is 0.711. The van der Waals surface area contributed by atoms with E-state index in [1.165, 1.54) is 0 Å². The summed E-state index contributed by atoms with van der Waals surface area (Å²) in [4.78, 5) is 0. The molecule has 3 nitrogen and oxygen atoms in total. The molecule has 0 fully saturated rings. The van der Waals surface area contributed by atoms with Crippen molar-refractivity contribution in [2.45, 2.75) is 13.0 Å². The normalized spacial score (nSPS) is 10.8. The maximum absolute atomic E-state index is 11.7. The van der Waals surface area contributed by atoms with E-state index in [1.54, 1.807) is 0 Å². The van der Waals surface area contributed by atoms with Crippen LogP contribution in [0.4, 0.5) is 8.78 Å². The topological polar surface area (TPSA) is 30.5 Å². The van der Waals surface area contributed by atoms with Crippen LogP contribution < -0.4 is 10.1 Å². The number of ether oxygens (including phenoxy) is 2. The number of alkyl halides is 2. The van der Waals surface area contributed by atoms with E-state index in [9.17, 15) is 8.78 Å². The number of rotatable bonds is 8. The highest BCUT2D eigenvalue weighted by Gasteiger charge is 2.01. The van der Waals surface area contributed by atoms with Crippen LogP contribution in [0.2, 0.25) is 0 Å². The van der Waals surface area contributed by atoms with Crippen molar-refractivity contribution in [1.29, 1.82) is 0 Å². The van der Waals surface area contributed by atoms with Crippen LogP contribution >= 0.6 is 0 Å². The molecule has 0 aromatic heterocycles. The third kappa shape index (κ3) is 6.19. The Labute approximate surface area is 99.7 Å². The summed E-state index contributed by atoms with van der Waals surface area (Å²) >= 11 is 0. The largest absolute Gasteiger partial charge is 0.491 e. The molecule has 0 saturated heterocycles. The van der Waals surface area contributed by atoms with Crippen molar-refractivity contribution in [3.05, 3.63) is 29.8 Å². The average molecular weight is 245 g/mol. The van der Waals surface area contributed by atoms with E-state index in [0.29, 0.717) is 5.75 Å². The summed E-state index contributed by atoms with van der Waals surface area (Å²) in [5, 5.41) is 3.04. The van der Waals surface area contributed by atoms with Gasteiger partial charge in [0.1, 0.15) is 19.0 Å². The first-order chi connectivity index (χ1) is 8.22. The summed E-state index contributed by atoms with van der Waals surface area (Å²) in [5.74, 6) is 0.713. The Hall–Kier alpha value is -1.20. The predicted octanol–water partition coefficient (Wildman–Crippen LogP) is 2.07. The number of nitrogens with one attached hydrogen (secondary N) is 1. The summed E-state index contributed by atoms with van der Waals surface area (Å²) < 4.78 is 33.5. The standard InChI is InChI=1S/C12H17F2NO2/c1-15-8-10-2-4-11(5-3-10)17-7-6-16-9-12(13)14/h2-5,12,15H,6-9H2,1H3. The number of halogens is 2. The van der Waals surface area contributed by atoms with Gasteiger partial charge in [0.2, 0.25) is 0 Å². The molecule has 1 rings (SSSR count). The molecular formula is C12H17F2NO2. The summed E-state index contributed by atoms with van der Waals surface area (Å²) in [5.41, 5.74) is 1.16. The van der Waals surface area contributed by atoms with Crippen LogP contribution in [-0.4, -0.2) is 33.3 Å². The van der Waals surface area contributed by atoms with Gasteiger partial charge in [-0.1, -0.05) is 12.1 Å². The SMILES string of the molecule is CNCc1ccc(OCCOCC(F)F)cc1. The lowest BCUT2D eigenvalue weighted by Gasteiger charge is -2.07. The second-order valence-corrected chi connectivity index (χ2v) is 3.49. The maximum Gasteiger partial charge on any atom is 0.261 e. The van der Waals surface area contributed by atoms with Crippen molar-refractivity contribution in [3.63, 3.8) is 0 Å². The Morgan fingerprint density at radius 1 is 1.18 bits per heavy atom. The van der Waals surface area contributed by atoms with Crippen LogP contribution in [0.3, 0.4) is 0 Å². The molecule has 0 radical (unpaired) electrons. The van der Waals surface area contributed by atoms with Gasteiger partial charge >= 0.3 is 0 Å². The average Bonchev–Trinajstić information content (AvgIpc) is 2.31. The van der Waals surface area contributed by atoms with E-state index in [1.807, 2.05) is 31.3 Å². The number of benzene rings is 1. The molecule has 1 aromatic carbocycles. The monoisotopic (exact) mass is 245 g/mol. The lowest BCUT2D eigenvalue weighted by molar-refractivity contribution is 0.00763. The quantitative estimate of drug-likeness (QED) is 0.711. The molecule has 0 heterocycles. The summed E-state index contributed by atoms with van der Waals surface area (Å²) in [6, 6.07) is 7.59. The van der Waals surface area contributed by atoms with Crippen LogP contribution in [0, 0.1) is 0 Å². The minimum Gasteiger partial charge on any atom is -0.491 e. The first kappa shape index (κ1) is 13.9. The molecule has 0 spiro atoms. The van der Waals surface area contributed by atoms with Crippen molar-refractivity contribution in [2.24, 2.45) is 0 Å². The minimum atomic E-state index is -2.42. The van der Waals surface area contributed by atoms with Gasteiger partial charge in [-0.2, -0.15) is 0 Å². The van der Waals surface area contributed by atoms with Crippen molar-refractivity contribution in [3.8, 4) is 5.75 Å². The Morgan fingerprint density at radius 3 is 2.47 bits per heavy atom. The van der Waals surface area contributed by atoms with E-state index in [0.717, 1.165) is 12.1 Å². The Kier molecular flexibility index (Phi) is 6.50. The summed E-state index contributed by atoms with van der Waals surface area (Å²) in [6.07, 6.45) is -2.42. The van der Waals surface area contributed by atoms with Crippen LogP contribution in [0.1, 0.15) is 5.56 Å². The first-order valence-electron chi connectivity index (χ1n) is 5.44. The van der Waals surface area contributed by atoms with Gasteiger partial charge in [-0.3, -0.25) is 0 Å². The molecule has 0 bridgehead atoms. The van der Waals surface area contributed by atoms with Crippen LogP contribution in [-0.2, 0) is 11.3 Å². The Balaban J connectivity index is 2.18. The maximum atomic E-state index is 11.7. The zero-order valence-electron chi connectivity index (χ0n) is 9.79. The molecule has 0 atom stereocenters. The van der Waals surface area contributed by atoms with Crippen molar-refractivity contribution in [2.75, 3.05) is 26.9 Å². The van der Waals surface area contributed by atoms with E-state index >= 15 is 0 Å². The van der Waals surface area contributed by atoms with Gasteiger partial charge in [0.05, 0.1) is 6.61 Å². The fourth-order valence-electron chi connectivity index (χ4n) is 1.30. The molecule has 1 N–H and O–H groups in total. The highest BCUT2D eigenvalue weighted by atomic mass is 19.3. The van der Waals surface area contributed by atoms with Gasteiger partial charge in [-0.15, -0.1) is 0 Å². The third-order valence-corrected chi connectivity index (χ3v) is 2.04. The third-order valence-electron chi connectivity index (χ3n) is 2.04. The van der Waals surface area contributed by atoms with Gasteiger partial charge in [0.15, 0.2) is 0 Å². The molecule has 17 heavy (non-hydrogen) atoms. The van der Waals surface area contributed by atoms with E-state index < -0.39 is 13.0 Å². The van der Waals surface area contributed by atoms with Gasteiger partial charge in [0, 0.05) is 6.54 Å². The number of hydrogen-bond donors (Lipinski definition) is 1. The van der Waals surface area contributed by atoms with Crippen LogP contribution in [0.25, 0.3) is 0 Å². The first-order valence-corrected chi connectivity index (χ1v) is 5.44. The lowest BCUT2D eigenvalue weighted by atomic mass is 10.2. The zero-order valence-corrected chi connectivity index (χ0v) is 9.79. The Morgan fingerprint density at radius 2 is 1.88 bits per heavy atom. The molecule has 0 saturated carbocycles. The second kappa shape index (κ2) is 7.97. The highest BCUT2D eigenvalue weighted by molar-refractivity contribution is 5.27. The second-order valence-electron chi connectivity index (χ2n) is 3.49. The molecular weight excluding hydrogens is 228 g/mol. The van der Waals surface area contributed by atoms with E-state index in [-0.39, 0.29) is 13.2 Å². The fourth-order valence-corrected chi connectivity index (χ4v) is 1.30. The molecule has 0 aliphatic heterocycles. The molecule has 5 heteroatoms. The van der Waals surface area contributed by atoms with Gasteiger partial charge in [0.25, 0.3) is 6.43 Å².